The van der Waals surface area contributed by atoms with Gasteiger partial charge in [0, 0.05) is 12.3 Å². The molecule has 0 aromatic rings. The molecule has 0 aromatic heterocycles. The zero-order chi connectivity index (χ0) is 20.8. The zero-order valence-electron chi connectivity index (χ0n) is 17.6. The monoisotopic (exact) mass is 406 g/mol. The maximum absolute atomic E-state index is 12.9. The van der Waals surface area contributed by atoms with E-state index < -0.39 is 6.48 Å². The van der Waals surface area contributed by atoms with E-state index in [1.807, 2.05) is 6.08 Å². The number of ether oxygens (including phenoxy) is 2. The molecule has 4 aliphatic rings. The van der Waals surface area contributed by atoms with Crippen LogP contribution in [-0.2, 0) is 19.1 Å². The third-order valence-corrected chi connectivity index (χ3v) is 8.90. The molecule has 0 aliphatic heterocycles. The van der Waals surface area contributed by atoms with E-state index in [1.54, 1.807) is 0 Å². The molecule has 29 heavy (non-hydrogen) atoms. The molecule has 0 aromatic carbocycles. The standard InChI is InChI=1S/C23H34O6/c1-22-9-7-15(24)11-14(22)3-4-16-17-5-6-19(23(17,2)10-8-18(16)22)20(25)12-28-13-29-21(26)27/h11,16-19,21,26-27H,3-10,12-13H2,1-2H3/t16-,17-,18-,19+,22-,23-/m0/s1. The Morgan fingerprint density at radius 2 is 1.93 bits per heavy atom. The topological polar surface area (TPSA) is 93.1 Å². The van der Waals surface area contributed by atoms with Crippen molar-refractivity contribution < 1.29 is 29.3 Å². The average Bonchev–Trinajstić information content (AvgIpc) is 3.03. The second-order valence-corrected chi connectivity index (χ2v) is 10.1. The summed E-state index contributed by atoms with van der Waals surface area (Å²) in [7, 11) is 0. The first-order valence-electron chi connectivity index (χ1n) is 11.1. The highest BCUT2D eigenvalue weighted by Crippen LogP contribution is 2.66. The number of allylic oxidation sites excluding steroid dienone is 1. The normalized spacial score (nSPS) is 41.6. The number of hydrogen-bond donors (Lipinski definition) is 2. The lowest BCUT2D eigenvalue weighted by molar-refractivity contribution is -0.268. The summed E-state index contributed by atoms with van der Waals surface area (Å²) in [4.78, 5) is 24.8. The van der Waals surface area contributed by atoms with E-state index in [9.17, 15) is 9.59 Å². The van der Waals surface area contributed by atoms with E-state index in [4.69, 9.17) is 14.9 Å². The summed E-state index contributed by atoms with van der Waals surface area (Å²) in [6.45, 7) is 2.46. The molecule has 6 nitrogen and oxygen atoms in total. The highest BCUT2D eigenvalue weighted by molar-refractivity contribution is 5.91. The summed E-state index contributed by atoms with van der Waals surface area (Å²) >= 11 is 0. The molecule has 6 atom stereocenters. The molecular formula is C23H34O6. The van der Waals surface area contributed by atoms with E-state index in [2.05, 4.69) is 18.6 Å². The summed E-state index contributed by atoms with van der Waals surface area (Å²) in [5.41, 5.74) is 1.55. The van der Waals surface area contributed by atoms with Crippen LogP contribution in [0.5, 0.6) is 0 Å². The minimum absolute atomic E-state index is 0.00480. The maximum atomic E-state index is 12.9. The molecule has 0 spiro atoms. The van der Waals surface area contributed by atoms with E-state index in [0.717, 1.165) is 44.9 Å². The van der Waals surface area contributed by atoms with Gasteiger partial charge < -0.3 is 19.7 Å². The lowest BCUT2D eigenvalue weighted by Crippen LogP contribution is -2.51. The van der Waals surface area contributed by atoms with Crippen molar-refractivity contribution in [3.8, 4) is 0 Å². The number of rotatable bonds is 6. The highest BCUT2D eigenvalue weighted by Gasteiger charge is 2.59. The minimum atomic E-state index is -1.88. The molecule has 4 aliphatic carbocycles. The first-order chi connectivity index (χ1) is 13.8. The van der Waals surface area contributed by atoms with Gasteiger partial charge in [-0.15, -0.1) is 0 Å². The molecular weight excluding hydrogens is 372 g/mol. The largest absolute Gasteiger partial charge is 0.347 e. The second kappa shape index (κ2) is 7.88. The molecule has 6 heteroatoms. The van der Waals surface area contributed by atoms with Gasteiger partial charge in [0.15, 0.2) is 18.4 Å². The Kier molecular flexibility index (Phi) is 5.75. The Balaban J connectivity index is 1.45. The quantitative estimate of drug-likeness (QED) is 0.520. The highest BCUT2D eigenvalue weighted by atomic mass is 16.8. The van der Waals surface area contributed by atoms with Gasteiger partial charge in [0.05, 0.1) is 0 Å². The van der Waals surface area contributed by atoms with Crippen LogP contribution in [0.15, 0.2) is 11.6 Å². The number of aliphatic hydroxyl groups excluding tert-OH is 1. The van der Waals surface area contributed by atoms with Gasteiger partial charge in [-0.3, -0.25) is 9.59 Å². The Hall–Kier alpha value is -1.08. The van der Waals surface area contributed by atoms with Crippen molar-refractivity contribution in [1.29, 1.82) is 0 Å². The second-order valence-electron chi connectivity index (χ2n) is 10.1. The fourth-order valence-corrected chi connectivity index (χ4v) is 7.44. The van der Waals surface area contributed by atoms with Crippen LogP contribution in [0.4, 0.5) is 0 Å². The Morgan fingerprint density at radius 3 is 2.69 bits per heavy atom. The number of aliphatic hydroxyl groups is 2. The predicted octanol–water partition coefficient (Wildman–Crippen LogP) is 2.96. The van der Waals surface area contributed by atoms with Crippen molar-refractivity contribution in [3.63, 3.8) is 0 Å². The van der Waals surface area contributed by atoms with Gasteiger partial charge in [0.2, 0.25) is 0 Å². The summed E-state index contributed by atoms with van der Waals surface area (Å²) in [5, 5.41) is 17.4. The van der Waals surface area contributed by atoms with Gasteiger partial charge in [-0.25, -0.2) is 0 Å². The van der Waals surface area contributed by atoms with Crippen LogP contribution < -0.4 is 0 Å². The van der Waals surface area contributed by atoms with E-state index in [0.29, 0.717) is 30.0 Å². The van der Waals surface area contributed by atoms with Crippen molar-refractivity contribution in [2.24, 2.45) is 34.5 Å². The number of fused-ring (bicyclic) bond motifs is 5. The number of carbonyl (C=O) groups excluding carboxylic acids is 2. The average molecular weight is 407 g/mol. The molecule has 0 bridgehead atoms. The van der Waals surface area contributed by atoms with Gasteiger partial charge in [-0.1, -0.05) is 19.4 Å². The van der Waals surface area contributed by atoms with Crippen molar-refractivity contribution >= 4 is 11.6 Å². The Labute approximate surface area is 172 Å². The molecule has 3 saturated carbocycles. The van der Waals surface area contributed by atoms with Gasteiger partial charge in [-0.2, -0.15) is 0 Å². The van der Waals surface area contributed by atoms with Gasteiger partial charge >= 0.3 is 0 Å². The van der Waals surface area contributed by atoms with Crippen LogP contribution in [0, 0.1) is 34.5 Å². The summed E-state index contributed by atoms with van der Waals surface area (Å²) in [6.07, 6.45) is 9.95. The van der Waals surface area contributed by atoms with Crippen LogP contribution in [0.25, 0.3) is 0 Å². The van der Waals surface area contributed by atoms with Crippen LogP contribution >= 0.6 is 0 Å². The summed E-state index contributed by atoms with van der Waals surface area (Å²) < 4.78 is 9.75. The molecule has 0 heterocycles. The molecule has 162 valence electrons. The van der Waals surface area contributed by atoms with E-state index in [1.165, 1.54) is 5.57 Å². The number of Topliss-reactive ketones (excluding diaryl/α,β-unsaturated/α-hetero) is 1. The molecule has 4 rings (SSSR count). The fraction of sp³-hybridized carbons (Fsp3) is 0.826. The molecule has 0 saturated heterocycles. The van der Waals surface area contributed by atoms with Gasteiger partial charge in [0.25, 0.3) is 6.48 Å². The SMILES string of the molecule is C[C@]12CC[C@H]3[C@@H](CCC4=CC(=O)CC[C@@]43C)[C@@H]1CC[C@@H]2C(=O)COCOC(O)O. The van der Waals surface area contributed by atoms with Crippen molar-refractivity contribution in [2.45, 2.75) is 71.7 Å². The molecule has 0 unspecified atom stereocenters. The van der Waals surface area contributed by atoms with E-state index in [-0.39, 0.29) is 35.9 Å². The van der Waals surface area contributed by atoms with Crippen LogP contribution in [0.3, 0.4) is 0 Å². The lowest BCUT2D eigenvalue weighted by Gasteiger charge is -2.58. The molecule has 0 radical (unpaired) electrons. The fourth-order valence-electron chi connectivity index (χ4n) is 7.44. The van der Waals surface area contributed by atoms with E-state index >= 15 is 0 Å². The first-order valence-corrected chi connectivity index (χ1v) is 11.1. The third kappa shape index (κ3) is 3.62. The lowest BCUT2D eigenvalue weighted by atomic mass is 9.46. The number of carbonyl (C=O) groups is 2. The van der Waals surface area contributed by atoms with Crippen LogP contribution in [0.1, 0.15) is 65.2 Å². The number of hydrogen-bond acceptors (Lipinski definition) is 6. The smallest absolute Gasteiger partial charge is 0.268 e. The minimum Gasteiger partial charge on any atom is -0.347 e. The van der Waals surface area contributed by atoms with Gasteiger partial charge in [-0.05, 0) is 79.6 Å². The maximum Gasteiger partial charge on any atom is 0.268 e. The molecule has 3 fully saturated rings. The van der Waals surface area contributed by atoms with Crippen molar-refractivity contribution in [2.75, 3.05) is 13.4 Å². The molecule has 0 amide bonds. The Bertz CT molecular complexity index is 699. The van der Waals surface area contributed by atoms with Crippen molar-refractivity contribution in [1.82, 2.24) is 0 Å². The summed E-state index contributed by atoms with van der Waals surface area (Å²) in [6, 6.07) is 0. The third-order valence-electron chi connectivity index (χ3n) is 8.90. The van der Waals surface area contributed by atoms with Crippen LogP contribution in [0.2, 0.25) is 0 Å². The van der Waals surface area contributed by atoms with Crippen LogP contribution in [-0.4, -0.2) is 41.7 Å². The zero-order valence-corrected chi connectivity index (χ0v) is 17.6. The first kappa shape index (κ1) is 21.2. The summed E-state index contributed by atoms with van der Waals surface area (Å²) in [5.74, 6) is 2.22. The van der Waals surface area contributed by atoms with Gasteiger partial charge in [0.1, 0.15) is 6.61 Å². The predicted molar refractivity (Wildman–Crippen MR) is 105 cm³/mol. The number of ketones is 2. The Morgan fingerprint density at radius 1 is 1.14 bits per heavy atom. The van der Waals surface area contributed by atoms with Crippen molar-refractivity contribution in [3.05, 3.63) is 11.6 Å². The molecule has 2 N–H and O–H groups in total.